The Balaban J connectivity index is 1.11. The first-order chi connectivity index (χ1) is 21.7. The summed E-state index contributed by atoms with van der Waals surface area (Å²) >= 11 is 0. The van der Waals surface area contributed by atoms with Crippen LogP contribution in [0.4, 0.5) is 15.4 Å². The molecule has 0 spiro atoms. The van der Waals surface area contributed by atoms with Crippen LogP contribution in [-0.2, 0) is 29.0 Å². The number of aromatic nitrogens is 2. The van der Waals surface area contributed by atoms with E-state index >= 15 is 0 Å². The molecule has 0 N–H and O–H groups in total. The Bertz CT molecular complexity index is 1390. The topological polar surface area (TPSA) is 101 Å². The highest BCUT2D eigenvalue weighted by atomic mass is 16.6. The molecule has 11 nitrogen and oxygen atoms in total. The van der Waals surface area contributed by atoms with E-state index in [-0.39, 0.29) is 36.4 Å². The molecule has 242 valence electrons. The number of amides is 2. The number of hydrogen-bond acceptors (Lipinski definition) is 9. The Labute approximate surface area is 265 Å². The summed E-state index contributed by atoms with van der Waals surface area (Å²) in [6, 6.07) is 10.3. The Morgan fingerprint density at radius 3 is 2.36 bits per heavy atom. The Morgan fingerprint density at radius 1 is 0.956 bits per heavy atom. The van der Waals surface area contributed by atoms with E-state index in [1.165, 1.54) is 12.8 Å². The zero-order valence-electron chi connectivity index (χ0n) is 26.9. The molecule has 11 heteroatoms. The maximum absolute atomic E-state index is 13.2. The van der Waals surface area contributed by atoms with E-state index in [4.69, 9.17) is 24.2 Å². The van der Waals surface area contributed by atoms with Crippen molar-refractivity contribution >= 4 is 18.0 Å². The molecule has 0 saturated carbocycles. The summed E-state index contributed by atoms with van der Waals surface area (Å²) in [5.41, 5.74) is 2.36. The lowest BCUT2D eigenvalue weighted by molar-refractivity contribution is 0.0219. The van der Waals surface area contributed by atoms with Gasteiger partial charge in [-0.3, -0.25) is 9.80 Å². The molecule has 1 aromatic carbocycles. The zero-order chi connectivity index (χ0) is 31.2. The van der Waals surface area contributed by atoms with Gasteiger partial charge in [0.2, 0.25) is 0 Å². The second-order valence-electron chi connectivity index (χ2n) is 14.4. The molecular weight excluding hydrogens is 572 g/mol. The summed E-state index contributed by atoms with van der Waals surface area (Å²) in [6.45, 7) is 11.0. The third-order valence-electron chi connectivity index (χ3n) is 10.2. The van der Waals surface area contributed by atoms with Gasteiger partial charge in [0.25, 0.3) is 0 Å². The molecule has 2 aromatic rings. The fourth-order valence-electron chi connectivity index (χ4n) is 8.02. The SMILES string of the molecule is CC(C)(C)OC(=O)N1CCc2c(nc(OCC34CCCN3CCC4)nc2N2CC3CCC(C2)N3C(=O)OCc2ccccc2)C1. The maximum Gasteiger partial charge on any atom is 0.410 e. The third kappa shape index (κ3) is 6.15. The number of fused-ring (bicyclic) bond motifs is 4. The fourth-order valence-corrected chi connectivity index (χ4v) is 8.02. The average molecular weight is 619 g/mol. The highest BCUT2D eigenvalue weighted by Gasteiger charge is 2.46. The van der Waals surface area contributed by atoms with Gasteiger partial charge in [0.15, 0.2) is 0 Å². The molecule has 5 aliphatic rings. The predicted molar refractivity (Wildman–Crippen MR) is 168 cm³/mol. The molecule has 1 aromatic heterocycles. The van der Waals surface area contributed by atoms with E-state index < -0.39 is 5.60 Å². The zero-order valence-corrected chi connectivity index (χ0v) is 26.9. The van der Waals surface area contributed by atoms with Crippen molar-refractivity contribution in [3.05, 3.63) is 47.2 Å². The van der Waals surface area contributed by atoms with E-state index in [9.17, 15) is 9.59 Å². The van der Waals surface area contributed by atoms with E-state index in [0.717, 1.165) is 61.4 Å². The van der Waals surface area contributed by atoms with Gasteiger partial charge in [0.1, 0.15) is 24.6 Å². The molecule has 45 heavy (non-hydrogen) atoms. The average Bonchev–Trinajstić information content (AvgIpc) is 3.68. The quantitative estimate of drug-likeness (QED) is 0.453. The second-order valence-corrected chi connectivity index (χ2v) is 14.4. The molecular formula is C34H46N6O5. The van der Waals surface area contributed by atoms with Crippen LogP contribution in [0.2, 0.25) is 0 Å². The minimum Gasteiger partial charge on any atom is -0.461 e. The normalized spacial score (nSPS) is 23.9. The van der Waals surface area contributed by atoms with Gasteiger partial charge in [0, 0.05) is 25.2 Å². The first-order valence-corrected chi connectivity index (χ1v) is 16.7. The van der Waals surface area contributed by atoms with Gasteiger partial charge in [0.05, 0.1) is 29.9 Å². The number of anilines is 1. The number of hydrogen-bond donors (Lipinski definition) is 0. The molecule has 0 radical (unpaired) electrons. The van der Waals surface area contributed by atoms with Crippen molar-refractivity contribution in [2.45, 2.75) is 102 Å². The number of carbonyl (C=O) groups is 2. The number of rotatable bonds is 6. The lowest BCUT2D eigenvalue weighted by Gasteiger charge is -2.42. The highest BCUT2D eigenvalue weighted by molar-refractivity contribution is 5.71. The predicted octanol–water partition coefficient (Wildman–Crippen LogP) is 4.77. The molecule has 2 atom stereocenters. The van der Waals surface area contributed by atoms with Crippen molar-refractivity contribution in [2.24, 2.45) is 0 Å². The lowest BCUT2D eigenvalue weighted by Crippen LogP contribution is -2.56. The van der Waals surface area contributed by atoms with Crippen LogP contribution >= 0.6 is 0 Å². The molecule has 7 rings (SSSR count). The minimum absolute atomic E-state index is 0.0493. The molecule has 5 aliphatic heterocycles. The van der Waals surface area contributed by atoms with Crippen molar-refractivity contribution in [2.75, 3.05) is 44.2 Å². The largest absolute Gasteiger partial charge is 0.461 e. The first-order valence-electron chi connectivity index (χ1n) is 16.7. The molecule has 4 saturated heterocycles. The summed E-state index contributed by atoms with van der Waals surface area (Å²) in [4.78, 5) is 44.8. The number of ether oxygens (including phenoxy) is 3. The van der Waals surface area contributed by atoms with Crippen LogP contribution in [0, 0.1) is 0 Å². The molecule has 2 amide bonds. The van der Waals surface area contributed by atoms with Crippen LogP contribution < -0.4 is 9.64 Å². The molecule has 2 bridgehead atoms. The van der Waals surface area contributed by atoms with Crippen LogP contribution in [0.15, 0.2) is 30.3 Å². The molecule has 0 aliphatic carbocycles. The Hall–Kier alpha value is -3.60. The number of benzene rings is 1. The van der Waals surface area contributed by atoms with Crippen LogP contribution in [-0.4, -0.2) is 99.4 Å². The number of carbonyl (C=O) groups excluding carboxylic acids is 2. The van der Waals surface area contributed by atoms with Gasteiger partial charge < -0.3 is 24.0 Å². The standard InChI is InChI=1S/C34H46N6O5/c1-33(2,3)45-31(41)37-18-13-27-28(21-37)35-30(44-23-34-14-7-16-39(34)17-8-15-34)36-29(27)38-19-25-11-12-26(20-38)40(25)32(42)43-22-24-9-5-4-6-10-24/h4-6,9-10,25-26H,7-8,11-23H2,1-3H3. The van der Waals surface area contributed by atoms with Crippen LogP contribution in [0.3, 0.4) is 0 Å². The highest BCUT2D eigenvalue weighted by Crippen LogP contribution is 2.40. The monoisotopic (exact) mass is 618 g/mol. The van der Waals surface area contributed by atoms with Gasteiger partial charge in [-0.25, -0.2) is 9.59 Å². The smallest absolute Gasteiger partial charge is 0.410 e. The van der Waals surface area contributed by atoms with Crippen LogP contribution in [0.1, 0.15) is 76.1 Å². The van der Waals surface area contributed by atoms with Gasteiger partial charge in [-0.15, -0.1) is 0 Å². The third-order valence-corrected chi connectivity index (χ3v) is 10.2. The van der Waals surface area contributed by atoms with Gasteiger partial charge in [-0.1, -0.05) is 30.3 Å². The molecule has 2 unspecified atom stereocenters. The van der Waals surface area contributed by atoms with Gasteiger partial charge >= 0.3 is 18.2 Å². The maximum atomic E-state index is 13.2. The Morgan fingerprint density at radius 2 is 1.67 bits per heavy atom. The van der Waals surface area contributed by atoms with E-state index in [1.807, 2.05) is 56.0 Å². The summed E-state index contributed by atoms with van der Waals surface area (Å²) in [5.74, 6) is 0.875. The van der Waals surface area contributed by atoms with Crippen molar-refractivity contribution < 1.29 is 23.8 Å². The van der Waals surface area contributed by atoms with E-state index in [0.29, 0.717) is 45.2 Å². The Kier molecular flexibility index (Phi) is 8.00. The summed E-state index contributed by atoms with van der Waals surface area (Å²) in [5, 5.41) is 0. The number of nitrogens with zero attached hydrogens (tertiary/aromatic N) is 6. The van der Waals surface area contributed by atoms with Crippen molar-refractivity contribution in [1.29, 1.82) is 0 Å². The summed E-state index contributed by atoms with van der Waals surface area (Å²) in [6.07, 6.45) is 6.61. The lowest BCUT2D eigenvalue weighted by atomic mass is 9.95. The fraction of sp³-hybridized carbons (Fsp3) is 0.647. The second kappa shape index (κ2) is 12.0. The van der Waals surface area contributed by atoms with Gasteiger partial charge in [-0.05, 0) is 84.4 Å². The van der Waals surface area contributed by atoms with Crippen molar-refractivity contribution in [3.63, 3.8) is 0 Å². The van der Waals surface area contributed by atoms with Gasteiger partial charge in [-0.2, -0.15) is 9.97 Å². The van der Waals surface area contributed by atoms with E-state index in [1.54, 1.807) is 4.90 Å². The van der Waals surface area contributed by atoms with Crippen molar-refractivity contribution in [3.8, 4) is 6.01 Å². The number of piperazine rings is 1. The minimum atomic E-state index is -0.572. The molecule has 4 fully saturated rings. The summed E-state index contributed by atoms with van der Waals surface area (Å²) in [7, 11) is 0. The molecule has 6 heterocycles. The summed E-state index contributed by atoms with van der Waals surface area (Å²) < 4.78 is 17.9. The van der Waals surface area contributed by atoms with Crippen LogP contribution in [0.5, 0.6) is 6.01 Å². The van der Waals surface area contributed by atoms with E-state index in [2.05, 4.69) is 9.80 Å². The first kappa shape index (κ1) is 30.1. The van der Waals surface area contributed by atoms with Crippen molar-refractivity contribution in [1.82, 2.24) is 24.7 Å². The van der Waals surface area contributed by atoms with Crippen LogP contribution in [0.25, 0.3) is 0 Å².